The molecule has 1 atom stereocenters. The predicted octanol–water partition coefficient (Wildman–Crippen LogP) is 2.09. The highest BCUT2D eigenvalue weighted by Gasteiger charge is 2.30. The van der Waals surface area contributed by atoms with Crippen molar-refractivity contribution in [3.8, 4) is 0 Å². The third kappa shape index (κ3) is 3.30. The van der Waals surface area contributed by atoms with Gasteiger partial charge in [0, 0.05) is 43.5 Å². The van der Waals surface area contributed by atoms with Gasteiger partial charge < -0.3 is 8.98 Å². The maximum atomic E-state index is 13.1. The van der Waals surface area contributed by atoms with Crippen LogP contribution in [0.4, 0.5) is 0 Å². The quantitative estimate of drug-likeness (QED) is 0.654. The van der Waals surface area contributed by atoms with E-state index in [0.717, 1.165) is 19.4 Å². The minimum atomic E-state index is -3.59. The first-order valence-corrected chi connectivity index (χ1v) is 9.96. The van der Waals surface area contributed by atoms with E-state index in [1.54, 1.807) is 29.0 Å². The van der Waals surface area contributed by atoms with Gasteiger partial charge >= 0.3 is 5.63 Å². The molecule has 2 aromatic heterocycles. The van der Waals surface area contributed by atoms with Crippen LogP contribution in [0.15, 0.2) is 63.2 Å². The molecule has 136 valence electrons. The standard InChI is InChI=1S/C18H19N3O4S/c22-18-6-3-15-10-16(4-5-17(15)25-18)26(23,24)21-8-1-2-14(12-21)11-20-9-7-19-13-20/h3-7,9-10,13-14H,1-2,8,11-12H2. The Bertz CT molecular complexity index is 1070. The fourth-order valence-electron chi connectivity index (χ4n) is 3.45. The Hall–Kier alpha value is -2.45. The molecular formula is C18H19N3O4S. The second-order valence-corrected chi connectivity index (χ2v) is 8.52. The molecule has 1 aromatic carbocycles. The topological polar surface area (TPSA) is 85.4 Å². The average Bonchev–Trinajstić information content (AvgIpc) is 3.14. The van der Waals surface area contributed by atoms with Crippen LogP contribution in [0, 0.1) is 5.92 Å². The lowest BCUT2D eigenvalue weighted by Crippen LogP contribution is -2.40. The second-order valence-electron chi connectivity index (χ2n) is 6.58. The van der Waals surface area contributed by atoms with Gasteiger partial charge in [-0.05, 0) is 43.0 Å². The highest BCUT2D eigenvalue weighted by Crippen LogP contribution is 2.26. The van der Waals surface area contributed by atoms with Crippen LogP contribution in [0.1, 0.15) is 12.8 Å². The molecule has 0 bridgehead atoms. The minimum Gasteiger partial charge on any atom is -0.423 e. The molecule has 0 N–H and O–H groups in total. The van der Waals surface area contributed by atoms with E-state index in [4.69, 9.17) is 4.42 Å². The zero-order chi connectivity index (χ0) is 18.1. The first-order valence-electron chi connectivity index (χ1n) is 8.52. The molecule has 1 aliphatic heterocycles. The lowest BCUT2D eigenvalue weighted by Gasteiger charge is -2.32. The Kier molecular flexibility index (Phi) is 4.37. The fraction of sp³-hybridized carbons (Fsp3) is 0.333. The molecule has 0 radical (unpaired) electrons. The van der Waals surface area contributed by atoms with E-state index in [9.17, 15) is 13.2 Å². The van der Waals surface area contributed by atoms with E-state index in [2.05, 4.69) is 4.98 Å². The zero-order valence-corrected chi connectivity index (χ0v) is 14.9. The van der Waals surface area contributed by atoms with Crippen LogP contribution in [0.5, 0.6) is 0 Å². The van der Waals surface area contributed by atoms with Crippen LogP contribution in [-0.4, -0.2) is 35.4 Å². The fourth-order valence-corrected chi connectivity index (χ4v) is 5.04. The number of benzene rings is 1. The van der Waals surface area contributed by atoms with Gasteiger partial charge in [-0.15, -0.1) is 0 Å². The van der Waals surface area contributed by atoms with E-state index in [1.165, 1.54) is 18.2 Å². The third-order valence-corrected chi connectivity index (χ3v) is 6.60. The molecule has 1 aliphatic rings. The first-order chi connectivity index (χ1) is 12.5. The Labute approximate surface area is 150 Å². The molecule has 0 spiro atoms. The average molecular weight is 373 g/mol. The predicted molar refractivity (Wildman–Crippen MR) is 96.2 cm³/mol. The van der Waals surface area contributed by atoms with E-state index < -0.39 is 15.6 Å². The molecule has 1 saturated heterocycles. The lowest BCUT2D eigenvalue weighted by molar-refractivity contribution is 0.245. The van der Waals surface area contributed by atoms with Crippen molar-refractivity contribution in [2.75, 3.05) is 13.1 Å². The van der Waals surface area contributed by atoms with Gasteiger partial charge in [0.1, 0.15) is 5.58 Å². The Morgan fingerprint density at radius 1 is 1.23 bits per heavy atom. The van der Waals surface area contributed by atoms with Gasteiger partial charge in [0.2, 0.25) is 10.0 Å². The first kappa shape index (κ1) is 17.0. The normalized spacial score (nSPS) is 19.0. The third-order valence-electron chi connectivity index (χ3n) is 4.74. The summed E-state index contributed by atoms with van der Waals surface area (Å²) in [5, 5.41) is 0.595. The molecule has 3 aromatic rings. The molecule has 26 heavy (non-hydrogen) atoms. The van der Waals surface area contributed by atoms with Crippen molar-refractivity contribution in [3.05, 3.63) is 59.5 Å². The van der Waals surface area contributed by atoms with E-state index in [0.29, 0.717) is 24.1 Å². The van der Waals surface area contributed by atoms with Gasteiger partial charge in [0.25, 0.3) is 0 Å². The molecule has 4 rings (SSSR count). The van der Waals surface area contributed by atoms with Gasteiger partial charge in [0.15, 0.2) is 0 Å². The molecule has 7 nitrogen and oxygen atoms in total. The number of imidazole rings is 1. The number of rotatable bonds is 4. The molecule has 3 heterocycles. The van der Waals surface area contributed by atoms with E-state index in [1.807, 2.05) is 10.8 Å². The molecule has 0 amide bonds. The summed E-state index contributed by atoms with van der Waals surface area (Å²) in [5.41, 5.74) is -0.0699. The summed E-state index contributed by atoms with van der Waals surface area (Å²) < 4.78 is 34.7. The van der Waals surface area contributed by atoms with Crippen LogP contribution in [0.3, 0.4) is 0 Å². The number of sulfonamides is 1. The summed E-state index contributed by atoms with van der Waals surface area (Å²) in [6.07, 6.45) is 7.20. The molecular weight excluding hydrogens is 354 g/mol. The van der Waals surface area contributed by atoms with Gasteiger partial charge in [-0.2, -0.15) is 4.31 Å². The molecule has 8 heteroatoms. The van der Waals surface area contributed by atoms with Crippen molar-refractivity contribution >= 4 is 21.0 Å². The van der Waals surface area contributed by atoms with Crippen molar-refractivity contribution in [2.45, 2.75) is 24.3 Å². The van der Waals surface area contributed by atoms with Gasteiger partial charge in [0.05, 0.1) is 11.2 Å². The summed E-state index contributed by atoms with van der Waals surface area (Å²) in [7, 11) is -3.59. The van der Waals surface area contributed by atoms with Crippen molar-refractivity contribution in [2.24, 2.45) is 5.92 Å². The van der Waals surface area contributed by atoms with Crippen LogP contribution in [0.25, 0.3) is 11.0 Å². The highest BCUT2D eigenvalue weighted by atomic mass is 32.2. The Morgan fingerprint density at radius 3 is 2.92 bits per heavy atom. The van der Waals surface area contributed by atoms with Gasteiger partial charge in [-0.3, -0.25) is 0 Å². The van der Waals surface area contributed by atoms with Crippen molar-refractivity contribution in [3.63, 3.8) is 0 Å². The summed E-state index contributed by atoms with van der Waals surface area (Å²) in [6.45, 7) is 1.77. The largest absolute Gasteiger partial charge is 0.423 e. The number of piperidine rings is 1. The number of aromatic nitrogens is 2. The summed E-state index contributed by atoms with van der Waals surface area (Å²) in [5.74, 6) is 0.256. The lowest BCUT2D eigenvalue weighted by atomic mass is 10.00. The van der Waals surface area contributed by atoms with Gasteiger partial charge in [-0.25, -0.2) is 18.2 Å². The smallest absolute Gasteiger partial charge is 0.336 e. The number of nitrogens with zero attached hydrogens (tertiary/aromatic N) is 3. The summed E-state index contributed by atoms with van der Waals surface area (Å²) in [6, 6.07) is 7.47. The van der Waals surface area contributed by atoms with Crippen molar-refractivity contribution < 1.29 is 12.8 Å². The second kappa shape index (κ2) is 6.69. The number of hydrogen-bond donors (Lipinski definition) is 0. The van der Waals surface area contributed by atoms with E-state index >= 15 is 0 Å². The van der Waals surface area contributed by atoms with Crippen LogP contribution in [0.2, 0.25) is 0 Å². The van der Waals surface area contributed by atoms with Gasteiger partial charge in [-0.1, -0.05) is 0 Å². The number of fused-ring (bicyclic) bond motifs is 1. The molecule has 1 unspecified atom stereocenters. The Balaban J connectivity index is 1.59. The molecule has 0 saturated carbocycles. The van der Waals surface area contributed by atoms with Crippen LogP contribution < -0.4 is 5.63 Å². The Morgan fingerprint density at radius 2 is 2.12 bits per heavy atom. The van der Waals surface area contributed by atoms with E-state index in [-0.39, 0.29) is 10.8 Å². The van der Waals surface area contributed by atoms with Crippen LogP contribution in [-0.2, 0) is 16.6 Å². The zero-order valence-electron chi connectivity index (χ0n) is 14.1. The monoisotopic (exact) mass is 373 g/mol. The maximum Gasteiger partial charge on any atom is 0.336 e. The SMILES string of the molecule is O=c1ccc2cc(S(=O)(=O)N3CCCC(Cn4ccnc4)C3)ccc2o1. The maximum absolute atomic E-state index is 13.1. The molecule has 1 fully saturated rings. The van der Waals surface area contributed by atoms with Crippen molar-refractivity contribution in [1.82, 2.24) is 13.9 Å². The summed E-state index contributed by atoms with van der Waals surface area (Å²) >= 11 is 0. The number of hydrogen-bond acceptors (Lipinski definition) is 5. The highest BCUT2D eigenvalue weighted by molar-refractivity contribution is 7.89. The van der Waals surface area contributed by atoms with Crippen LogP contribution >= 0.6 is 0 Å². The van der Waals surface area contributed by atoms with Crippen molar-refractivity contribution in [1.29, 1.82) is 0 Å². The molecule has 0 aliphatic carbocycles. The summed E-state index contributed by atoms with van der Waals surface area (Å²) in [4.78, 5) is 15.5. The minimum absolute atomic E-state index is 0.224.